The van der Waals surface area contributed by atoms with E-state index in [4.69, 9.17) is 5.26 Å². The average molecular weight is 272 g/mol. The molecule has 1 aliphatic heterocycles. The van der Waals surface area contributed by atoms with E-state index < -0.39 is 0 Å². The molecule has 0 N–H and O–H groups in total. The number of piperazine rings is 1. The average Bonchev–Trinajstić information content (AvgIpc) is 2.53. The lowest BCUT2D eigenvalue weighted by molar-refractivity contribution is 0.0574. The van der Waals surface area contributed by atoms with Gasteiger partial charge >= 0.3 is 0 Å². The maximum absolute atomic E-state index is 12.3. The van der Waals surface area contributed by atoms with E-state index in [1.165, 1.54) is 6.20 Å². The fraction of sp³-hybridized carbons (Fsp3) is 0.533. The Morgan fingerprint density at radius 3 is 2.60 bits per heavy atom. The smallest absolute Gasteiger partial charge is 0.272 e. The molecule has 1 saturated heterocycles. The lowest BCUT2D eigenvalue weighted by Crippen LogP contribution is -2.51. The minimum atomic E-state index is -0.0432. The number of pyridine rings is 1. The van der Waals surface area contributed by atoms with E-state index in [-0.39, 0.29) is 5.91 Å². The first-order valence-corrected chi connectivity index (χ1v) is 7.05. The van der Waals surface area contributed by atoms with Gasteiger partial charge in [-0.3, -0.25) is 9.69 Å². The van der Waals surface area contributed by atoms with E-state index in [1.807, 2.05) is 11.0 Å². The van der Waals surface area contributed by atoms with Crippen LogP contribution >= 0.6 is 0 Å². The van der Waals surface area contributed by atoms with Crippen LogP contribution in [0.25, 0.3) is 0 Å². The molecule has 0 radical (unpaired) electrons. The van der Waals surface area contributed by atoms with Crippen molar-refractivity contribution in [2.75, 3.05) is 26.2 Å². The number of nitrogens with zero attached hydrogens (tertiary/aromatic N) is 4. The second-order valence-corrected chi connectivity index (χ2v) is 5.13. The Bertz CT molecular complexity index is 498. The maximum Gasteiger partial charge on any atom is 0.272 e. The molecule has 1 amide bonds. The molecule has 106 valence electrons. The first kappa shape index (κ1) is 14.5. The van der Waals surface area contributed by atoms with Crippen molar-refractivity contribution >= 4 is 5.91 Å². The van der Waals surface area contributed by atoms with Crippen molar-refractivity contribution in [1.29, 1.82) is 5.26 Å². The van der Waals surface area contributed by atoms with Crippen LogP contribution in [0.2, 0.25) is 0 Å². The Hall–Kier alpha value is -1.93. The highest BCUT2D eigenvalue weighted by molar-refractivity contribution is 5.92. The van der Waals surface area contributed by atoms with Gasteiger partial charge in [0.1, 0.15) is 11.8 Å². The molecule has 2 heterocycles. The Labute approximate surface area is 119 Å². The van der Waals surface area contributed by atoms with Crippen LogP contribution in [0.15, 0.2) is 18.3 Å². The van der Waals surface area contributed by atoms with Crippen LogP contribution in [0, 0.1) is 11.3 Å². The minimum Gasteiger partial charge on any atom is -0.335 e. The number of rotatable bonds is 3. The molecule has 0 aromatic carbocycles. The molecule has 0 aliphatic carbocycles. The van der Waals surface area contributed by atoms with Gasteiger partial charge in [0.15, 0.2) is 0 Å². The molecular weight excluding hydrogens is 252 g/mol. The van der Waals surface area contributed by atoms with Gasteiger partial charge in [0.05, 0.1) is 5.56 Å². The second-order valence-electron chi connectivity index (χ2n) is 5.13. The van der Waals surface area contributed by atoms with E-state index in [9.17, 15) is 4.79 Å². The van der Waals surface area contributed by atoms with Gasteiger partial charge < -0.3 is 4.90 Å². The summed E-state index contributed by atoms with van der Waals surface area (Å²) in [7, 11) is 0. The van der Waals surface area contributed by atoms with Crippen LogP contribution in [-0.2, 0) is 0 Å². The molecular formula is C15H20N4O. The van der Waals surface area contributed by atoms with Gasteiger partial charge in [0.25, 0.3) is 5.91 Å². The summed E-state index contributed by atoms with van der Waals surface area (Å²) in [4.78, 5) is 20.6. The maximum atomic E-state index is 12.3. The number of hydrogen-bond donors (Lipinski definition) is 0. The highest BCUT2D eigenvalue weighted by atomic mass is 16.2. The van der Waals surface area contributed by atoms with Crippen LogP contribution in [0.3, 0.4) is 0 Å². The van der Waals surface area contributed by atoms with Crippen LogP contribution < -0.4 is 0 Å². The van der Waals surface area contributed by atoms with Crippen LogP contribution in [-0.4, -0.2) is 52.9 Å². The van der Waals surface area contributed by atoms with Crippen molar-refractivity contribution in [2.45, 2.75) is 26.3 Å². The summed E-state index contributed by atoms with van der Waals surface area (Å²) in [5.41, 5.74) is 0.893. The summed E-state index contributed by atoms with van der Waals surface area (Å²) in [5.74, 6) is -0.0432. The SMILES string of the molecule is CCC(C)N1CCN(C(=O)c2ccc(C#N)cn2)CC1. The molecule has 2 rings (SSSR count). The third kappa shape index (κ3) is 3.14. The second kappa shape index (κ2) is 6.49. The highest BCUT2D eigenvalue weighted by Crippen LogP contribution is 2.11. The number of carbonyl (C=O) groups excluding carboxylic acids is 1. The topological polar surface area (TPSA) is 60.2 Å². The van der Waals surface area contributed by atoms with Gasteiger partial charge in [0, 0.05) is 38.4 Å². The predicted octanol–water partition coefficient (Wildman–Crippen LogP) is 1.51. The Morgan fingerprint density at radius 2 is 2.10 bits per heavy atom. The van der Waals surface area contributed by atoms with E-state index in [1.54, 1.807) is 12.1 Å². The molecule has 1 atom stereocenters. The zero-order chi connectivity index (χ0) is 14.5. The number of nitriles is 1. The lowest BCUT2D eigenvalue weighted by Gasteiger charge is -2.37. The molecule has 5 heteroatoms. The van der Waals surface area contributed by atoms with Crippen molar-refractivity contribution in [3.8, 4) is 6.07 Å². The molecule has 5 nitrogen and oxygen atoms in total. The molecule has 0 bridgehead atoms. The summed E-state index contributed by atoms with van der Waals surface area (Å²) in [5, 5.41) is 8.73. The zero-order valence-corrected chi connectivity index (χ0v) is 12.0. The third-order valence-electron chi connectivity index (χ3n) is 3.93. The number of amides is 1. The minimum absolute atomic E-state index is 0.0432. The van der Waals surface area contributed by atoms with Crippen LogP contribution in [0.4, 0.5) is 0 Å². The number of aromatic nitrogens is 1. The normalized spacial score (nSPS) is 17.6. The summed E-state index contributed by atoms with van der Waals surface area (Å²) in [6, 6.07) is 5.83. The molecule has 1 aromatic heterocycles. The molecule has 1 aliphatic rings. The fourth-order valence-electron chi connectivity index (χ4n) is 2.37. The molecule has 1 unspecified atom stereocenters. The monoisotopic (exact) mass is 272 g/mol. The highest BCUT2D eigenvalue weighted by Gasteiger charge is 2.24. The van der Waals surface area contributed by atoms with E-state index in [2.05, 4.69) is 23.7 Å². The van der Waals surface area contributed by atoms with Crippen molar-refractivity contribution in [2.24, 2.45) is 0 Å². The first-order chi connectivity index (χ1) is 9.65. The predicted molar refractivity (Wildman–Crippen MR) is 76.2 cm³/mol. The number of hydrogen-bond acceptors (Lipinski definition) is 4. The first-order valence-electron chi connectivity index (χ1n) is 7.05. The van der Waals surface area contributed by atoms with Crippen LogP contribution in [0.5, 0.6) is 0 Å². The summed E-state index contributed by atoms with van der Waals surface area (Å²) in [6.07, 6.45) is 2.58. The Balaban J connectivity index is 1.96. The standard InChI is InChI=1S/C15H20N4O/c1-3-12(2)18-6-8-19(9-7-18)15(20)14-5-4-13(10-16)11-17-14/h4-5,11-12H,3,6-9H2,1-2H3. The van der Waals surface area contributed by atoms with Gasteiger partial charge in [-0.25, -0.2) is 4.98 Å². The van der Waals surface area contributed by atoms with E-state index >= 15 is 0 Å². The Kier molecular flexibility index (Phi) is 4.70. The summed E-state index contributed by atoms with van der Waals surface area (Å²) in [6.45, 7) is 7.71. The Morgan fingerprint density at radius 1 is 1.40 bits per heavy atom. The van der Waals surface area contributed by atoms with Crippen molar-refractivity contribution in [3.05, 3.63) is 29.6 Å². The van der Waals surface area contributed by atoms with Gasteiger partial charge in [-0.05, 0) is 25.5 Å². The number of carbonyl (C=O) groups is 1. The van der Waals surface area contributed by atoms with Gasteiger partial charge in [0.2, 0.25) is 0 Å². The lowest BCUT2D eigenvalue weighted by atomic mass is 10.2. The molecule has 0 saturated carbocycles. The molecule has 1 aromatic rings. The largest absolute Gasteiger partial charge is 0.335 e. The fourth-order valence-corrected chi connectivity index (χ4v) is 2.37. The van der Waals surface area contributed by atoms with Gasteiger partial charge in [-0.2, -0.15) is 5.26 Å². The molecule has 1 fully saturated rings. The van der Waals surface area contributed by atoms with Gasteiger partial charge in [-0.1, -0.05) is 6.92 Å². The van der Waals surface area contributed by atoms with E-state index in [0.717, 1.165) is 32.6 Å². The molecule has 0 spiro atoms. The van der Waals surface area contributed by atoms with Crippen molar-refractivity contribution in [3.63, 3.8) is 0 Å². The summed E-state index contributed by atoms with van der Waals surface area (Å²) < 4.78 is 0. The van der Waals surface area contributed by atoms with Crippen molar-refractivity contribution < 1.29 is 4.79 Å². The summed E-state index contributed by atoms with van der Waals surface area (Å²) >= 11 is 0. The van der Waals surface area contributed by atoms with Crippen LogP contribution in [0.1, 0.15) is 36.3 Å². The van der Waals surface area contributed by atoms with Gasteiger partial charge in [-0.15, -0.1) is 0 Å². The quantitative estimate of drug-likeness (QED) is 0.837. The van der Waals surface area contributed by atoms with Crippen molar-refractivity contribution in [1.82, 2.24) is 14.8 Å². The molecule has 20 heavy (non-hydrogen) atoms. The third-order valence-corrected chi connectivity index (χ3v) is 3.93. The van der Waals surface area contributed by atoms with E-state index in [0.29, 0.717) is 17.3 Å². The zero-order valence-electron chi connectivity index (χ0n) is 12.0.